The fourth-order valence-electron chi connectivity index (χ4n) is 4.77. The lowest BCUT2D eigenvalue weighted by Gasteiger charge is -2.39. The predicted octanol–water partition coefficient (Wildman–Crippen LogP) is 4.01. The SMILES string of the molecule is Cc1cc(Cl)ccc1NC(=O)C(=O)N1CC2(C)CC1CC(C)(C)C2. The standard InChI is InChI=1S/C19H25ClN2O2/c1-12-7-13(20)5-6-15(12)21-16(23)17(24)22-11-19(4)9-14(22)8-18(2,3)10-19/h5-7,14H,8-11H2,1-4H3,(H,21,23). The van der Waals surface area contributed by atoms with Crippen LogP contribution in [0.1, 0.15) is 45.6 Å². The van der Waals surface area contributed by atoms with Gasteiger partial charge in [-0.25, -0.2) is 0 Å². The fourth-order valence-corrected chi connectivity index (χ4v) is 5.00. The number of likely N-dealkylation sites (tertiary alicyclic amines) is 1. The number of nitrogens with zero attached hydrogens (tertiary/aromatic N) is 1. The van der Waals surface area contributed by atoms with Gasteiger partial charge in [0.1, 0.15) is 0 Å². The Bertz CT molecular complexity index is 701. The summed E-state index contributed by atoms with van der Waals surface area (Å²) < 4.78 is 0. The third-order valence-corrected chi connectivity index (χ3v) is 5.54. The molecule has 1 saturated carbocycles. The Labute approximate surface area is 148 Å². The number of nitrogens with one attached hydrogen (secondary N) is 1. The molecule has 1 N–H and O–H groups in total. The van der Waals surface area contributed by atoms with E-state index in [1.807, 2.05) is 6.92 Å². The van der Waals surface area contributed by atoms with Crippen LogP contribution >= 0.6 is 11.6 Å². The first-order valence-electron chi connectivity index (χ1n) is 8.47. The van der Waals surface area contributed by atoms with Crippen LogP contribution in [0.4, 0.5) is 5.69 Å². The number of amides is 2. The summed E-state index contributed by atoms with van der Waals surface area (Å²) in [5, 5.41) is 3.35. The number of hydrogen-bond donors (Lipinski definition) is 1. The van der Waals surface area contributed by atoms with Gasteiger partial charge >= 0.3 is 11.8 Å². The Morgan fingerprint density at radius 2 is 1.96 bits per heavy atom. The van der Waals surface area contributed by atoms with Crippen molar-refractivity contribution in [1.29, 1.82) is 0 Å². The molecule has 1 heterocycles. The molecule has 130 valence electrons. The Balaban J connectivity index is 1.74. The van der Waals surface area contributed by atoms with Gasteiger partial charge in [-0.2, -0.15) is 0 Å². The molecule has 2 bridgehead atoms. The van der Waals surface area contributed by atoms with Gasteiger partial charge in [-0.1, -0.05) is 32.4 Å². The van der Waals surface area contributed by atoms with Gasteiger partial charge in [-0.3, -0.25) is 9.59 Å². The van der Waals surface area contributed by atoms with E-state index in [9.17, 15) is 9.59 Å². The molecule has 4 nitrogen and oxygen atoms in total. The van der Waals surface area contributed by atoms with Crippen LogP contribution in [0.2, 0.25) is 5.02 Å². The molecule has 0 spiro atoms. The number of fused-ring (bicyclic) bond motifs is 2. The van der Waals surface area contributed by atoms with E-state index in [2.05, 4.69) is 26.1 Å². The first-order valence-corrected chi connectivity index (χ1v) is 8.85. The minimum atomic E-state index is -0.561. The van der Waals surface area contributed by atoms with Crippen molar-refractivity contribution < 1.29 is 9.59 Å². The van der Waals surface area contributed by atoms with Crippen molar-refractivity contribution >= 4 is 29.1 Å². The van der Waals surface area contributed by atoms with E-state index in [4.69, 9.17) is 11.6 Å². The lowest BCUT2D eigenvalue weighted by atomic mass is 9.65. The van der Waals surface area contributed by atoms with E-state index in [-0.39, 0.29) is 16.9 Å². The van der Waals surface area contributed by atoms with Crippen LogP contribution in [-0.2, 0) is 9.59 Å². The van der Waals surface area contributed by atoms with Crippen molar-refractivity contribution in [2.45, 2.75) is 53.0 Å². The molecule has 2 aliphatic rings. The molecule has 1 aromatic carbocycles. The molecule has 2 amide bonds. The van der Waals surface area contributed by atoms with Crippen molar-refractivity contribution in [3.63, 3.8) is 0 Å². The minimum Gasteiger partial charge on any atom is -0.331 e. The summed E-state index contributed by atoms with van der Waals surface area (Å²) in [7, 11) is 0. The van der Waals surface area contributed by atoms with E-state index < -0.39 is 11.8 Å². The van der Waals surface area contributed by atoms with Crippen molar-refractivity contribution in [3.05, 3.63) is 28.8 Å². The fraction of sp³-hybridized carbons (Fsp3) is 0.579. The van der Waals surface area contributed by atoms with E-state index >= 15 is 0 Å². The van der Waals surface area contributed by atoms with Crippen LogP contribution in [0.3, 0.4) is 0 Å². The number of carbonyl (C=O) groups excluding carboxylic acids is 2. The van der Waals surface area contributed by atoms with Gasteiger partial charge in [-0.05, 0) is 60.8 Å². The quantitative estimate of drug-likeness (QED) is 0.779. The summed E-state index contributed by atoms with van der Waals surface area (Å²) in [6, 6.07) is 5.38. The van der Waals surface area contributed by atoms with Crippen molar-refractivity contribution in [2.24, 2.45) is 10.8 Å². The molecule has 1 aromatic rings. The average Bonchev–Trinajstić information content (AvgIpc) is 2.70. The normalized spacial score (nSPS) is 27.9. The second-order valence-electron chi connectivity index (χ2n) is 8.56. The Kier molecular flexibility index (Phi) is 4.15. The summed E-state index contributed by atoms with van der Waals surface area (Å²) in [4.78, 5) is 27.0. The average molecular weight is 349 g/mol. The summed E-state index contributed by atoms with van der Waals surface area (Å²) in [5.41, 5.74) is 1.82. The van der Waals surface area contributed by atoms with Crippen molar-refractivity contribution in [2.75, 3.05) is 11.9 Å². The third kappa shape index (κ3) is 3.30. The zero-order valence-electron chi connectivity index (χ0n) is 14.8. The van der Waals surface area contributed by atoms with Crippen LogP contribution in [0.5, 0.6) is 0 Å². The van der Waals surface area contributed by atoms with Crippen molar-refractivity contribution in [1.82, 2.24) is 4.90 Å². The third-order valence-electron chi connectivity index (χ3n) is 5.31. The Hall–Kier alpha value is -1.55. The van der Waals surface area contributed by atoms with Gasteiger partial charge in [0.25, 0.3) is 0 Å². The van der Waals surface area contributed by atoms with E-state index in [0.717, 1.165) is 24.8 Å². The lowest BCUT2D eigenvalue weighted by molar-refractivity contribution is -0.144. The highest BCUT2D eigenvalue weighted by atomic mass is 35.5. The summed E-state index contributed by atoms with van der Waals surface area (Å²) in [5.74, 6) is -0.981. The molecule has 2 fully saturated rings. The van der Waals surface area contributed by atoms with Gasteiger partial charge in [0, 0.05) is 23.3 Å². The largest absolute Gasteiger partial charge is 0.331 e. The number of benzene rings is 1. The molecule has 3 rings (SSSR count). The zero-order chi connectivity index (χ0) is 17.7. The van der Waals surface area contributed by atoms with Crippen LogP contribution in [0.25, 0.3) is 0 Å². The first kappa shape index (κ1) is 17.3. The van der Waals surface area contributed by atoms with Crippen LogP contribution in [0, 0.1) is 17.8 Å². The maximum atomic E-state index is 12.7. The second kappa shape index (κ2) is 5.76. The molecule has 5 heteroatoms. The van der Waals surface area contributed by atoms with Crippen molar-refractivity contribution in [3.8, 4) is 0 Å². The highest BCUT2D eigenvalue weighted by Gasteiger charge is 2.51. The van der Waals surface area contributed by atoms with Crippen LogP contribution in [-0.4, -0.2) is 29.3 Å². The summed E-state index contributed by atoms with van der Waals surface area (Å²) >= 11 is 5.93. The first-order chi connectivity index (χ1) is 11.1. The molecule has 0 radical (unpaired) electrons. The number of halogens is 1. The Morgan fingerprint density at radius 1 is 1.25 bits per heavy atom. The molecular weight excluding hydrogens is 324 g/mol. The number of aryl methyl sites for hydroxylation is 1. The Morgan fingerprint density at radius 3 is 2.62 bits per heavy atom. The molecule has 24 heavy (non-hydrogen) atoms. The van der Waals surface area contributed by atoms with E-state index in [0.29, 0.717) is 17.3 Å². The van der Waals surface area contributed by atoms with Gasteiger partial charge in [0.2, 0.25) is 0 Å². The number of anilines is 1. The van der Waals surface area contributed by atoms with E-state index in [1.54, 1.807) is 23.1 Å². The van der Waals surface area contributed by atoms with Gasteiger partial charge < -0.3 is 10.2 Å². The molecule has 0 aromatic heterocycles. The molecule has 1 saturated heterocycles. The monoisotopic (exact) mass is 348 g/mol. The summed E-state index contributed by atoms with van der Waals surface area (Å²) in [6.07, 6.45) is 3.05. The zero-order valence-corrected chi connectivity index (χ0v) is 15.5. The molecular formula is C19H25ClN2O2. The minimum absolute atomic E-state index is 0.124. The maximum absolute atomic E-state index is 12.7. The van der Waals surface area contributed by atoms with Crippen LogP contribution in [0.15, 0.2) is 18.2 Å². The topological polar surface area (TPSA) is 49.4 Å². The summed E-state index contributed by atoms with van der Waals surface area (Å²) in [6.45, 7) is 9.27. The van der Waals surface area contributed by atoms with Crippen LogP contribution < -0.4 is 5.32 Å². The molecule has 2 unspecified atom stereocenters. The maximum Gasteiger partial charge on any atom is 0.313 e. The highest BCUT2D eigenvalue weighted by Crippen LogP contribution is 2.52. The number of rotatable bonds is 1. The lowest BCUT2D eigenvalue weighted by Crippen LogP contribution is -2.43. The second-order valence-corrected chi connectivity index (χ2v) is 9.00. The molecule has 1 aliphatic heterocycles. The van der Waals surface area contributed by atoms with Gasteiger partial charge in [0.05, 0.1) is 0 Å². The smallest absolute Gasteiger partial charge is 0.313 e. The number of hydrogen-bond acceptors (Lipinski definition) is 2. The van der Waals surface area contributed by atoms with E-state index in [1.165, 1.54) is 0 Å². The highest BCUT2D eigenvalue weighted by molar-refractivity contribution is 6.39. The van der Waals surface area contributed by atoms with Gasteiger partial charge in [0.15, 0.2) is 0 Å². The molecule has 1 aliphatic carbocycles. The number of carbonyl (C=O) groups is 2. The molecule has 2 atom stereocenters. The van der Waals surface area contributed by atoms with Gasteiger partial charge in [-0.15, -0.1) is 0 Å². The predicted molar refractivity (Wildman–Crippen MR) is 96.1 cm³/mol.